The number of ether oxygens (including phenoxy) is 1. The van der Waals surface area contributed by atoms with Crippen LogP contribution in [0.4, 0.5) is 10.5 Å². The fourth-order valence-electron chi connectivity index (χ4n) is 3.50. The summed E-state index contributed by atoms with van der Waals surface area (Å²) in [5, 5.41) is 2.94. The van der Waals surface area contributed by atoms with Gasteiger partial charge in [0.05, 0.1) is 0 Å². The maximum Gasteiger partial charge on any atom is 0.410 e. The quantitative estimate of drug-likeness (QED) is 0.484. The molecule has 180 valence electrons. The Hall–Kier alpha value is -2.86. The zero-order valence-electron chi connectivity index (χ0n) is 21.0. The molecule has 6 heteroatoms. The molecule has 1 N–H and O–H groups in total. The van der Waals surface area contributed by atoms with Gasteiger partial charge in [-0.2, -0.15) is 0 Å². The minimum absolute atomic E-state index is 0.140. The van der Waals surface area contributed by atoms with Gasteiger partial charge in [0.1, 0.15) is 5.60 Å². The lowest BCUT2D eigenvalue weighted by molar-refractivity contribution is 0.0285. The van der Waals surface area contributed by atoms with Gasteiger partial charge in [-0.3, -0.25) is 9.69 Å². The molecule has 0 saturated heterocycles. The van der Waals surface area contributed by atoms with Crippen LogP contribution in [0.25, 0.3) is 0 Å². The van der Waals surface area contributed by atoms with E-state index in [1.54, 1.807) is 7.05 Å². The van der Waals surface area contributed by atoms with Crippen LogP contribution in [0.2, 0.25) is 0 Å². The van der Waals surface area contributed by atoms with Crippen LogP contribution in [-0.4, -0.2) is 47.5 Å². The van der Waals surface area contributed by atoms with E-state index in [9.17, 15) is 9.59 Å². The van der Waals surface area contributed by atoms with Crippen LogP contribution < -0.4 is 5.32 Å². The van der Waals surface area contributed by atoms with Crippen molar-refractivity contribution >= 4 is 17.7 Å². The first-order chi connectivity index (χ1) is 15.6. The number of nitrogens with one attached hydrogen (secondary N) is 1. The lowest BCUT2D eigenvalue weighted by atomic mass is 10.1. The van der Waals surface area contributed by atoms with Crippen LogP contribution in [0.15, 0.2) is 48.5 Å². The Labute approximate surface area is 198 Å². The van der Waals surface area contributed by atoms with Gasteiger partial charge in [-0.1, -0.05) is 38.1 Å². The van der Waals surface area contributed by atoms with Crippen LogP contribution in [-0.2, 0) is 17.8 Å². The smallest absolute Gasteiger partial charge is 0.410 e. The van der Waals surface area contributed by atoms with Crippen molar-refractivity contribution in [3.05, 3.63) is 65.2 Å². The van der Waals surface area contributed by atoms with Gasteiger partial charge >= 0.3 is 6.09 Å². The van der Waals surface area contributed by atoms with E-state index in [1.807, 2.05) is 69.3 Å². The number of amides is 2. The lowest BCUT2D eigenvalue weighted by Gasteiger charge is -2.24. The van der Waals surface area contributed by atoms with Crippen molar-refractivity contribution in [2.75, 3.05) is 25.5 Å². The molecule has 0 aliphatic rings. The predicted molar refractivity (Wildman–Crippen MR) is 134 cm³/mol. The van der Waals surface area contributed by atoms with Crippen molar-refractivity contribution in [3.63, 3.8) is 0 Å². The van der Waals surface area contributed by atoms with Crippen LogP contribution in [0.5, 0.6) is 0 Å². The summed E-state index contributed by atoms with van der Waals surface area (Å²) in [5.41, 5.74) is 2.98. The third kappa shape index (κ3) is 9.26. The highest BCUT2D eigenvalue weighted by molar-refractivity contribution is 6.04. The van der Waals surface area contributed by atoms with Crippen LogP contribution in [0.3, 0.4) is 0 Å². The van der Waals surface area contributed by atoms with Gasteiger partial charge in [0, 0.05) is 31.4 Å². The first-order valence-electron chi connectivity index (χ1n) is 11.8. The van der Waals surface area contributed by atoms with Gasteiger partial charge in [0.25, 0.3) is 5.91 Å². The summed E-state index contributed by atoms with van der Waals surface area (Å²) in [7, 11) is 1.71. The van der Waals surface area contributed by atoms with Crippen molar-refractivity contribution < 1.29 is 14.3 Å². The van der Waals surface area contributed by atoms with Gasteiger partial charge in [0.2, 0.25) is 0 Å². The van der Waals surface area contributed by atoms with Gasteiger partial charge in [0.15, 0.2) is 0 Å². The molecule has 0 aliphatic carbocycles. The molecule has 0 aliphatic heterocycles. The largest absolute Gasteiger partial charge is 0.444 e. The van der Waals surface area contributed by atoms with Crippen molar-refractivity contribution in [3.8, 4) is 0 Å². The van der Waals surface area contributed by atoms with E-state index in [1.165, 1.54) is 10.5 Å². The van der Waals surface area contributed by atoms with Crippen molar-refractivity contribution in [1.82, 2.24) is 9.80 Å². The molecule has 0 unspecified atom stereocenters. The van der Waals surface area contributed by atoms with E-state index in [2.05, 4.69) is 24.1 Å². The fraction of sp³-hybridized carbons (Fsp3) is 0.481. The molecule has 0 heterocycles. The molecule has 0 saturated carbocycles. The minimum Gasteiger partial charge on any atom is -0.444 e. The lowest BCUT2D eigenvalue weighted by Crippen LogP contribution is -2.33. The number of nitrogens with zero attached hydrogens (tertiary/aromatic N) is 2. The second kappa shape index (κ2) is 12.4. The Morgan fingerprint density at radius 1 is 0.848 bits per heavy atom. The molecule has 0 bridgehead atoms. The molecule has 2 aromatic rings. The number of hydrogen-bond donors (Lipinski definition) is 1. The third-order valence-electron chi connectivity index (χ3n) is 5.04. The molecular formula is C27H39N3O3. The predicted octanol–water partition coefficient (Wildman–Crippen LogP) is 5.93. The molecule has 2 amide bonds. The number of rotatable bonds is 10. The summed E-state index contributed by atoms with van der Waals surface area (Å²) in [5.74, 6) is -0.140. The summed E-state index contributed by atoms with van der Waals surface area (Å²) in [6.07, 6.45) is 1.91. The molecule has 0 spiro atoms. The Balaban J connectivity index is 1.91. The van der Waals surface area contributed by atoms with Crippen molar-refractivity contribution in [2.24, 2.45) is 0 Å². The molecule has 0 aromatic heterocycles. The minimum atomic E-state index is -0.526. The first kappa shape index (κ1) is 26.4. The highest BCUT2D eigenvalue weighted by Gasteiger charge is 2.19. The number of carbonyl (C=O) groups is 2. The molecule has 6 nitrogen and oxygen atoms in total. The Bertz CT molecular complexity index is 880. The Morgan fingerprint density at radius 3 is 1.88 bits per heavy atom. The number of anilines is 1. The molecule has 2 aromatic carbocycles. The van der Waals surface area contributed by atoms with Crippen molar-refractivity contribution in [2.45, 2.75) is 66.2 Å². The van der Waals surface area contributed by atoms with E-state index in [-0.39, 0.29) is 12.0 Å². The summed E-state index contributed by atoms with van der Waals surface area (Å²) >= 11 is 0. The third-order valence-corrected chi connectivity index (χ3v) is 5.04. The molecule has 33 heavy (non-hydrogen) atoms. The van der Waals surface area contributed by atoms with Gasteiger partial charge in [-0.15, -0.1) is 0 Å². The SMILES string of the molecule is CCCN(CCC)Cc1ccc(C(=O)Nc2ccc(CN(C)C(=O)OC(C)(C)C)cc2)cc1. The average Bonchev–Trinajstić information content (AvgIpc) is 2.74. The number of benzene rings is 2. The number of hydrogen-bond acceptors (Lipinski definition) is 4. The second-order valence-electron chi connectivity index (χ2n) is 9.46. The fourth-order valence-corrected chi connectivity index (χ4v) is 3.50. The first-order valence-corrected chi connectivity index (χ1v) is 11.8. The molecule has 0 fully saturated rings. The molecular weight excluding hydrogens is 414 g/mol. The van der Waals surface area contributed by atoms with E-state index in [4.69, 9.17) is 4.74 Å². The Kier molecular flexibility index (Phi) is 9.92. The maximum absolute atomic E-state index is 12.6. The molecule has 0 radical (unpaired) electrons. The number of carbonyl (C=O) groups excluding carboxylic acids is 2. The van der Waals surface area contributed by atoms with Gasteiger partial charge in [-0.25, -0.2) is 4.79 Å². The van der Waals surface area contributed by atoms with E-state index in [0.29, 0.717) is 17.8 Å². The van der Waals surface area contributed by atoms with E-state index >= 15 is 0 Å². The zero-order valence-corrected chi connectivity index (χ0v) is 21.0. The van der Waals surface area contributed by atoms with Crippen LogP contribution in [0, 0.1) is 0 Å². The highest BCUT2D eigenvalue weighted by Crippen LogP contribution is 2.16. The van der Waals surface area contributed by atoms with Crippen LogP contribution >= 0.6 is 0 Å². The van der Waals surface area contributed by atoms with Crippen LogP contribution in [0.1, 0.15) is 68.9 Å². The van der Waals surface area contributed by atoms with Crippen molar-refractivity contribution in [1.29, 1.82) is 0 Å². The summed E-state index contributed by atoms with van der Waals surface area (Å²) in [6, 6.07) is 15.3. The normalized spacial score (nSPS) is 11.4. The summed E-state index contributed by atoms with van der Waals surface area (Å²) in [4.78, 5) is 28.7. The second-order valence-corrected chi connectivity index (χ2v) is 9.46. The van der Waals surface area contributed by atoms with E-state index < -0.39 is 5.60 Å². The molecule has 2 rings (SSSR count). The topological polar surface area (TPSA) is 61.9 Å². The maximum atomic E-state index is 12.6. The Morgan fingerprint density at radius 2 is 1.36 bits per heavy atom. The summed E-state index contributed by atoms with van der Waals surface area (Å²) < 4.78 is 5.38. The average molecular weight is 454 g/mol. The zero-order chi connectivity index (χ0) is 24.4. The van der Waals surface area contributed by atoms with E-state index in [0.717, 1.165) is 38.0 Å². The van der Waals surface area contributed by atoms with Gasteiger partial charge < -0.3 is 15.0 Å². The molecule has 0 atom stereocenters. The van der Waals surface area contributed by atoms with Gasteiger partial charge in [-0.05, 0) is 82.1 Å². The monoisotopic (exact) mass is 453 g/mol. The summed E-state index contributed by atoms with van der Waals surface area (Å²) in [6.45, 7) is 13.4. The standard InChI is InChI=1S/C27H39N3O3/c1-7-17-30(18-8-2)20-22-9-13-23(14-10-22)25(31)28-24-15-11-21(12-16-24)19-29(6)26(32)33-27(3,4)5/h9-16H,7-8,17-20H2,1-6H3,(H,28,31). The highest BCUT2D eigenvalue weighted by atomic mass is 16.6.